The van der Waals surface area contributed by atoms with Gasteiger partial charge in [-0.25, -0.2) is 8.42 Å². The number of nitrogens with one attached hydrogen (secondary N) is 1. The van der Waals surface area contributed by atoms with Crippen molar-refractivity contribution in [3.05, 3.63) is 93.5 Å². The number of anilines is 1. The molecule has 0 spiro atoms. The Labute approximate surface area is 247 Å². The molecule has 2 atom stereocenters. The first-order valence-corrected chi connectivity index (χ1v) is 15.2. The van der Waals surface area contributed by atoms with E-state index in [9.17, 15) is 18.0 Å². The molecule has 0 heterocycles. The molecular formula is C30H35Cl2N3O4S. The Bertz CT molecular complexity index is 1460. The van der Waals surface area contributed by atoms with Crippen molar-refractivity contribution >= 4 is 50.7 Å². The molecule has 0 aliphatic heterocycles. The highest BCUT2D eigenvalue weighted by atomic mass is 35.5. The van der Waals surface area contributed by atoms with Gasteiger partial charge in [0.1, 0.15) is 12.6 Å². The van der Waals surface area contributed by atoms with Crippen molar-refractivity contribution in [2.75, 3.05) is 10.8 Å². The second-order valence-electron chi connectivity index (χ2n) is 9.93. The van der Waals surface area contributed by atoms with Gasteiger partial charge in [0.2, 0.25) is 11.8 Å². The third-order valence-corrected chi connectivity index (χ3v) is 9.00. The van der Waals surface area contributed by atoms with Crippen LogP contribution in [-0.2, 0) is 26.2 Å². The number of halogens is 2. The molecular weight excluding hydrogens is 569 g/mol. The number of carbonyl (C=O) groups is 2. The van der Waals surface area contributed by atoms with Crippen molar-refractivity contribution in [3.8, 4) is 0 Å². The van der Waals surface area contributed by atoms with Gasteiger partial charge in [0.25, 0.3) is 10.0 Å². The fourth-order valence-corrected chi connectivity index (χ4v) is 5.94. The average molecular weight is 605 g/mol. The van der Waals surface area contributed by atoms with E-state index in [0.29, 0.717) is 0 Å². The van der Waals surface area contributed by atoms with E-state index in [2.05, 4.69) is 5.32 Å². The first-order chi connectivity index (χ1) is 18.8. The molecule has 3 rings (SSSR count). The van der Waals surface area contributed by atoms with E-state index in [1.165, 1.54) is 35.2 Å². The number of hydrogen-bond acceptors (Lipinski definition) is 4. The first-order valence-electron chi connectivity index (χ1n) is 13.0. The number of sulfonamides is 1. The van der Waals surface area contributed by atoms with Gasteiger partial charge in [0.15, 0.2) is 0 Å². The molecule has 2 amide bonds. The molecule has 3 aromatic rings. The predicted octanol–water partition coefficient (Wildman–Crippen LogP) is 6.14. The third-order valence-electron chi connectivity index (χ3n) is 6.67. The van der Waals surface area contributed by atoms with Gasteiger partial charge >= 0.3 is 0 Å². The summed E-state index contributed by atoms with van der Waals surface area (Å²) in [6.45, 7) is 8.77. The van der Waals surface area contributed by atoms with E-state index < -0.39 is 28.5 Å². The molecule has 7 nitrogen and oxygen atoms in total. The van der Waals surface area contributed by atoms with Crippen LogP contribution < -0.4 is 9.62 Å². The molecule has 0 saturated heterocycles. The summed E-state index contributed by atoms with van der Waals surface area (Å²) in [6, 6.07) is 17.4. The molecule has 0 aliphatic carbocycles. The lowest BCUT2D eigenvalue weighted by atomic mass is 10.1. The molecule has 0 bridgehead atoms. The second-order valence-corrected chi connectivity index (χ2v) is 12.6. The van der Waals surface area contributed by atoms with Gasteiger partial charge in [-0.05, 0) is 70.0 Å². The minimum Gasteiger partial charge on any atom is -0.352 e. The zero-order chi connectivity index (χ0) is 29.6. The van der Waals surface area contributed by atoms with Crippen LogP contribution in [-0.4, -0.2) is 43.8 Å². The molecule has 0 saturated carbocycles. The van der Waals surface area contributed by atoms with Crippen molar-refractivity contribution in [1.82, 2.24) is 10.2 Å². The van der Waals surface area contributed by atoms with E-state index in [1.54, 1.807) is 19.1 Å². The van der Waals surface area contributed by atoms with Gasteiger partial charge < -0.3 is 10.2 Å². The monoisotopic (exact) mass is 603 g/mol. The minimum absolute atomic E-state index is 0.00487. The number of carbonyl (C=O) groups excluding carboxylic acids is 2. The number of benzene rings is 3. The quantitative estimate of drug-likeness (QED) is 0.285. The van der Waals surface area contributed by atoms with Crippen molar-refractivity contribution in [1.29, 1.82) is 0 Å². The molecule has 0 aliphatic rings. The van der Waals surface area contributed by atoms with Gasteiger partial charge in [0.05, 0.1) is 15.6 Å². The largest absolute Gasteiger partial charge is 0.352 e. The van der Waals surface area contributed by atoms with Crippen LogP contribution in [0.1, 0.15) is 43.9 Å². The van der Waals surface area contributed by atoms with Crippen molar-refractivity contribution < 1.29 is 18.0 Å². The number of aryl methyl sites for hydroxylation is 2. The Kier molecular flexibility index (Phi) is 10.6. The maximum atomic E-state index is 14.0. The molecule has 3 aromatic carbocycles. The molecule has 214 valence electrons. The van der Waals surface area contributed by atoms with E-state index in [1.807, 2.05) is 52.0 Å². The zero-order valence-electron chi connectivity index (χ0n) is 23.3. The van der Waals surface area contributed by atoms with Crippen molar-refractivity contribution in [2.24, 2.45) is 0 Å². The molecule has 0 fully saturated rings. The Morgan fingerprint density at radius 1 is 0.925 bits per heavy atom. The average Bonchev–Trinajstić information content (AvgIpc) is 2.91. The van der Waals surface area contributed by atoms with Crippen LogP contribution >= 0.6 is 23.2 Å². The zero-order valence-corrected chi connectivity index (χ0v) is 25.6. The van der Waals surface area contributed by atoms with Crippen LogP contribution in [0.4, 0.5) is 5.69 Å². The highest BCUT2D eigenvalue weighted by Gasteiger charge is 2.33. The lowest BCUT2D eigenvalue weighted by Crippen LogP contribution is -2.52. The van der Waals surface area contributed by atoms with Gasteiger partial charge in [0, 0.05) is 17.6 Å². The van der Waals surface area contributed by atoms with Crippen molar-refractivity contribution in [2.45, 2.75) is 64.6 Å². The third kappa shape index (κ3) is 7.77. The summed E-state index contributed by atoms with van der Waals surface area (Å²) < 4.78 is 28.8. The van der Waals surface area contributed by atoms with E-state index in [-0.39, 0.29) is 39.1 Å². The summed E-state index contributed by atoms with van der Waals surface area (Å²) in [5.41, 5.74) is 2.75. The summed E-state index contributed by atoms with van der Waals surface area (Å²) in [4.78, 5) is 28.5. The Morgan fingerprint density at radius 3 is 2.23 bits per heavy atom. The molecule has 0 aromatic heterocycles. The van der Waals surface area contributed by atoms with Gasteiger partial charge in [-0.2, -0.15) is 0 Å². The van der Waals surface area contributed by atoms with Crippen LogP contribution in [0.5, 0.6) is 0 Å². The van der Waals surface area contributed by atoms with Gasteiger partial charge in [-0.15, -0.1) is 0 Å². The van der Waals surface area contributed by atoms with E-state index >= 15 is 0 Å². The molecule has 1 N–H and O–H groups in total. The van der Waals surface area contributed by atoms with Crippen LogP contribution in [0.2, 0.25) is 10.0 Å². The first kappa shape index (κ1) is 31.5. The lowest BCUT2D eigenvalue weighted by Gasteiger charge is -2.32. The Hall–Kier alpha value is -3.07. The SMILES string of the molecule is CC[C@@H](C)NC(=O)[C@@H](C)N(Cc1cccc(C)c1)C(=O)CN(c1cc(Cl)ccc1Cl)S(=O)(=O)c1ccc(C)cc1. The molecule has 0 unspecified atom stereocenters. The Balaban J connectivity index is 2.07. The maximum Gasteiger partial charge on any atom is 0.264 e. The van der Waals surface area contributed by atoms with Crippen LogP contribution in [0.25, 0.3) is 0 Å². The van der Waals surface area contributed by atoms with Gasteiger partial charge in [-0.3, -0.25) is 13.9 Å². The summed E-state index contributed by atoms with van der Waals surface area (Å²) in [6.07, 6.45) is 0.722. The minimum atomic E-state index is -4.25. The fraction of sp³-hybridized carbons (Fsp3) is 0.333. The smallest absolute Gasteiger partial charge is 0.264 e. The number of rotatable bonds is 11. The highest BCUT2D eigenvalue weighted by Crippen LogP contribution is 2.33. The maximum absolute atomic E-state index is 14.0. The highest BCUT2D eigenvalue weighted by molar-refractivity contribution is 7.92. The van der Waals surface area contributed by atoms with Crippen LogP contribution in [0, 0.1) is 13.8 Å². The lowest BCUT2D eigenvalue weighted by molar-refractivity contribution is -0.139. The standard InChI is InChI=1S/C30H35Cl2N3O4S/c1-6-22(4)33-30(37)23(5)34(18-24-9-7-8-21(3)16-24)29(36)19-35(28-17-25(31)12-15-27(28)32)40(38,39)26-13-10-20(2)11-14-26/h7-17,22-23H,6,18-19H2,1-5H3,(H,33,37)/t22-,23-/m1/s1. The molecule has 40 heavy (non-hydrogen) atoms. The van der Waals surface area contributed by atoms with Crippen molar-refractivity contribution in [3.63, 3.8) is 0 Å². The predicted molar refractivity (Wildman–Crippen MR) is 161 cm³/mol. The molecule has 10 heteroatoms. The Morgan fingerprint density at radius 2 is 1.60 bits per heavy atom. The summed E-state index contributed by atoms with van der Waals surface area (Å²) >= 11 is 12.7. The number of amides is 2. The van der Waals surface area contributed by atoms with Gasteiger partial charge in [-0.1, -0.05) is 77.7 Å². The second kappa shape index (κ2) is 13.5. The van der Waals surface area contributed by atoms with Crippen LogP contribution in [0.3, 0.4) is 0 Å². The van der Waals surface area contributed by atoms with E-state index in [4.69, 9.17) is 23.2 Å². The topological polar surface area (TPSA) is 86.8 Å². The van der Waals surface area contributed by atoms with E-state index in [0.717, 1.165) is 27.4 Å². The molecule has 0 radical (unpaired) electrons. The number of nitrogens with zero attached hydrogens (tertiary/aromatic N) is 2. The normalized spacial score (nSPS) is 12.9. The summed E-state index contributed by atoms with van der Waals surface area (Å²) in [5.74, 6) is -0.899. The number of hydrogen-bond donors (Lipinski definition) is 1. The van der Waals surface area contributed by atoms with Crippen LogP contribution in [0.15, 0.2) is 71.6 Å². The summed E-state index contributed by atoms with van der Waals surface area (Å²) in [5, 5.41) is 3.29. The summed E-state index contributed by atoms with van der Waals surface area (Å²) in [7, 11) is -4.25. The fourth-order valence-electron chi connectivity index (χ4n) is 4.08.